The van der Waals surface area contributed by atoms with Gasteiger partial charge in [0.25, 0.3) is 5.92 Å². The van der Waals surface area contributed by atoms with E-state index in [4.69, 9.17) is 15.2 Å². The van der Waals surface area contributed by atoms with Gasteiger partial charge in [-0.15, -0.1) is 0 Å². The van der Waals surface area contributed by atoms with Crippen LogP contribution in [-0.2, 0) is 10.7 Å². The Morgan fingerprint density at radius 2 is 1.55 bits per heavy atom. The molecule has 0 bridgehead atoms. The minimum absolute atomic E-state index is 0.0335. The number of nitrogens with one attached hydrogen (secondary N) is 1. The SMILES string of the molecule is NC1CCN(C(=O)C(NSc2ccc3cc(OC4CCCC4)ccc3c2)C(F)(F)c2cccc(Oc3ccccc3)c2)CC1. The summed E-state index contributed by atoms with van der Waals surface area (Å²) in [6.45, 7) is 0.689. The fourth-order valence-electron chi connectivity index (χ4n) is 5.80. The van der Waals surface area contributed by atoms with Crippen LogP contribution >= 0.6 is 11.9 Å². The number of nitrogens with two attached hydrogens (primary N) is 1. The Bertz CT molecular complexity index is 1570. The van der Waals surface area contributed by atoms with E-state index in [1.165, 1.54) is 35.9 Å². The molecule has 4 aromatic carbocycles. The predicted octanol–water partition coefficient (Wildman–Crippen LogP) is 7.66. The van der Waals surface area contributed by atoms with Crippen molar-refractivity contribution >= 4 is 28.6 Å². The summed E-state index contributed by atoms with van der Waals surface area (Å²) in [6, 6.07) is 24.6. The molecule has 0 radical (unpaired) electrons. The van der Waals surface area contributed by atoms with Gasteiger partial charge in [-0.3, -0.25) is 4.79 Å². The summed E-state index contributed by atoms with van der Waals surface area (Å²) in [5.41, 5.74) is 5.73. The molecule has 1 saturated heterocycles. The monoisotopic (exact) mass is 617 g/mol. The number of benzene rings is 4. The third-order valence-electron chi connectivity index (χ3n) is 8.34. The lowest BCUT2D eigenvalue weighted by atomic mass is 9.98. The van der Waals surface area contributed by atoms with Crippen molar-refractivity contribution in [3.8, 4) is 17.2 Å². The van der Waals surface area contributed by atoms with Gasteiger partial charge < -0.3 is 20.1 Å². The number of nitrogens with zero attached hydrogens (tertiary/aromatic N) is 1. The molecule has 4 aromatic rings. The molecule has 1 aliphatic carbocycles. The molecule has 6 nitrogen and oxygen atoms in total. The molecule has 1 unspecified atom stereocenters. The lowest BCUT2D eigenvalue weighted by Crippen LogP contribution is -2.55. The standard InChI is InChI=1S/C35H37F2N3O3S/c36-35(37,26-7-6-12-30(23-26)42-28-8-2-1-3-9-28)33(34(41)40-19-17-27(38)18-20-40)39-44-32-16-14-24-21-31(15-13-25(24)22-32)43-29-10-4-5-11-29/h1-3,6-9,12-16,21-23,27,29,33,39H,4-5,10-11,17-20,38H2. The zero-order valence-electron chi connectivity index (χ0n) is 24.5. The van der Waals surface area contributed by atoms with Crippen LogP contribution in [0, 0.1) is 0 Å². The molecule has 2 aliphatic rings. The summed E-state index contributed by atoms with van der Waals surface area (Å²) in [5, 5.41) is 1.96. The maximum atomic E-state index is 16.4. The molecule has 6 rings (SSSR count). The Hall–Kier alpha value is -3.66. The Labute approximate surface area is 261 Å². The normalized spacial score (nSPS) is 17.1. The zero-order chi connectivity index (χ0) is 30.5. The van der Waals surface area contributed by atoms with Gasteiger partial charge in [-0.05, 0) is 110 Å². The van der Waals surface area contributed by atoms with Crippen LogP contribution in [0.25, 0.3) is 10.8 Å². The van der Waals surface area contributed by atoms with Crippen LogP contribution in [0.4, 0.5) is 8.78 Å². The molecular weight excluding hydrogens is 580 g/mol. The van der Waals surface area contributed by atoms with Crippen LogP contribution in [0.1, 0.15) is 44.1 Å². The number of carbonyl (C=O) groups excluding carboxylic acids is 1. The largest absolute Gasteiger partial charge is 0.490 e. The molecule has 1 saturated carbocycles. The molecule has 2 fully saturated rings. The molecule has 0 spiro atoms. The van der Waals surface area contributed by atoms with E-state index in [0.717, 1.165) is 46.2 Å². The number of ether oxygens (including phenoxy) is 2. The highest BCUT2D eigenvalue weighted by molar-refractivity contribution is 7.97. The van der Waals surface area contributed by atoms with Gasteiger partial charge >= 0.3 is 0 Å². The molecule has 1 heterocycles. The van der Waals surface area contributed by atoms with Crippen LogP contribution in [0.15, 0.2) is 95.9 Å². The summed E-state index contributed by atoms with van der Waals surface area (Å²) >= 11 is 1.03. The number of likely N-dealkylation sites (tertiary alicyclic amines) is 1. The van der Waals surface area contributed by atoms with E-state index in [-0.39, 0.29) is 23.5 Å². The van der Waals surface area contributed by atoms with E-state index in [2.05, 4.69) is 4.72 Å². The lowest BCUT2D eigenvalue weighted by molar-refractivity contribution is -0.145. The molecule has 0 aromatic heterocycles. The first kappa shape index (κ1) is 30.4. The molecule has 3 N–H and O–H groups in total. The van der Waals surface area contributed by atoms with E-state index >= 15 is 8.78 Å². The van der Waals surface area contributed by atoms with Crippen LogP contribution in [0.5, 0.6) is 17.2 Å². The number of hydrogen-bond acceptors (Lipinski definition) is 6. The van der Waals surface area contributed by atoms with Crippen molar-refractivity contribution < 1.29 is 23.0 Å². The summed E-state index contributed by atoms with van der Waals surface area (Å²) in [7, 11) is 0. The Balaban J connectivity index is 1.22. The second kappa shape index (κ2) is 13.5. The number of para-hydroxylation sites is 1. The van der Waals surface area contributed by atoms with Crippen molar-refractivity contribution in [3.63, 3.8) is 0 Å². The molecule has 1 aliphatic heterocycles. The summed E-state index contributed by atoms with van der Waals surface area (Å²) in [6.07, 6.45) is 5.99. The van der Waals surface area contributed by atoms with E-state index in [1.54, 1.807) is 18.2 Å². The van der Waals surface area contributed by atoms with Crippen molar-refractivity contribution in [1.82, 2.24) is 9.62 Å². The van der Waals surface area contributed by atoms with Crippen molar-refractivity contribution in [3.05, 3.63) is 96.6 Å². The third kappa shape index (κ3) is 7.17. The minimum atomic E-state index is -3.54. The number of halogens is 2. The van der Waals surface area contributed by atoms with Crippen LogP contribution in [-0.4, -0.2) is 42.1 Å². The van der Waals surface area contributed by atoms with Crippen molar-refractivity contribution in [1.29, 1.82) is 0 Å². The molecule has 1 amide bonds. The first-order valence-corrected chi connectivity index (χ1v) is 16.1. The van der Waals surface area contributed by atoms with Crippen LogP contribution in [0.3, 0.4) is 0 Å². The van der Waals surface area contributed by atoms with E-state index < -0.39 is 17.9 Å². The molecule has 1 atom stereocenters. The second-order valence-corrected chi connectivity index (χ2v) is 12.5. The number of hydrogen-bond donors (Lipinski definition) is 2. The average molecular weight is 618 g/mol. The van der Waals surface area contributed by atoms with E-state index in [9.17, 15) is 4.79 Å². The number of alkyl halides is 2. The van der Waals surface area contributed by atoms with E-state index in [0.29, 0.717) is 31.7 Å². The van der Waals surface area contributed by atoms with Crippen molar-refractivity contribution in [2.24, 2.45) is 5.73 Å². The fraction of sp³-hybridized carbons (Fsp3) is 0.343. The van der Waals surface area contributed by atoms with Gasteiger partial charge in [-0.1, -0.05) is 42.5 Å². The van der Waals surface area contributed by atoms with Gasteiger partial charge in [0, 0.05) is 29.6 Å². The van der Waals surface area contributed by atoms with Crippen LogP contribution < -0.4 is 19.9 Å². The zero-order valence-corrected chi connectivity index (χ0v) is 25.3. The van der Waals surface area contributed by atoms with Crippen molar-refractivity contribution in [2.75, 3.05) is 13.1 Å². The predicted molar refractivity (Wildman–Crippen MR) is 170 cm³/mol. The van der Waals surface area contributed by atoms with Crippen molar-refractivity contribution in [2.45, 2.75) is 67.5 Å². The molecule has 230 valence electrons. The first-order valence-electron chi connectivity index (χ1n) is 15.2. The summed E-state index contributed by atoms with van der Waals surface area (Å²) < 4.78 is 47.6. The smallest absolute Gasteiger partial charge is 0.298 e. The fourth-order valence-corrected chi connectivity index (χ4v) is 6.63. The summed E-state index contributed by atoms with van der Waals surface area (Å²) in [5.74, 6) is -2.55. The van der Waals surface area contributed by atoms with Gasteiger partial charge in [0.2, 0.25) is 5.91 Å². The lowest BCUT2D eigenvalue weighted by Gasteiger charge is -2.35. The highest BCUT2D eigenvalue weighted by Gasteiger charge is 2.48. The molecule has 44 heavy (non-hydrogen) atoms. The van der Waals surface area contributed by atoms with E-state index in [1.807, 2.05) is 54.6 Å². The van der Waals surface area contributed by atoms with Gasteiger partial charge in [-0.2, -0.15) is 8.78 Å². The number of rotatable bonds is 10. The number of fused-ring (bicyclic) bond motifs is 1. The second-order valence-electron chi connectivity index (χ2n) is 11.6. The van der Waals surface area contributed by atoms with Gasteiger partial charge in [0.15, 0.2) is 6.04 Å². The van der Waals surface area contributed by atoms with Gasteiger partial charge in [-0.25, -0.2) is 4.72 Å². The third-order valence-corrected chi connectivity index (χ3v) is 9.18. The number of amides is 1. The number of carbonyl (C=O) groups is 1. The Morgan fingerprint density at radius 3 is 2.32 bits per heavy atom. The quantitative estimate of drug-likeness (QED) is 0.178. The average Bonchev–Trinajstić information content (AvgIpc) is 3.55. The first-order chi connectivity index (χ1) is 21.3. The maximum Gasteiger partial charge on any atom is 0.298 e. The highest BCUT2D eigenvalue weighted by atomic mass is 32.2. The van der Waals surface area contributed by atoms with Crippen LogP contribution in [0.2, 0.25) is 0 Å². The maximum absolute atomic E-state index is 16.4. The molecular formula is C35H37F2N3O3S. The minimum Gasteiger partial charge on any atom is -0.490 e. The highest BCUT2D eigenvalue weighted by Crippen LogP contribution is 2.38. The Morgan fingerprint density at radius 1 is 0.841 bits per heavy atom. The van der Waals surface area contributed by atoms with Gasteiger partial charge in [0.05, 0.1) is 6.10 Å². The Kier molecular flexibility index (Phi) is 9.35. The topological polar surface area (TPSA) is 76.8 Å². The molecule has 9 heteroatoms. The van der Waals surface area contributed by atoms with Gasteiger partial charge in [0.1, 0.15) is 17.2 Å². The number of piperidine rings is 1. The summed E-state index contributed by atoms with van der Waals surface area (Å²) in [4.78, 5) is 15.9.